The molecule has 0 fully saturated rings. The number of benzene rings is 1. The highest BCUT2D eigenvalue weighted by atomic mass is 16.4. The second-order valence-corrected chi connectivity index (χ2v) is 11.3. The number of hydrogen-bond acceptors (Lipinski definition) is 3. The van der Waals surface area contributed by atoms with Gasteiger partial charge in [0.25, 0.3) is 0 Å². The van der Waals surface area contributed by atoms with Crippen LogP contribution in [0.25, 0.3) is 0 Å². The molecule has 0 bridgehead atoms. The minimum absolute atomic E-state index is 0.0981. The monoisotopic (exact) mass is 567 g/mol. The number of Topliss-reactive ketones (excluding diaryl/α,β-unsaturated/α-hetero) is 1. The first-order chi connectivity index (χ1) is 20.0. The summed E-state index contributed by atoms with van der Waals surface area (Å²) in [4.78, 5) is 22.7. The Morgan fingerprint density at radius 1 is 0.659 bits per heavy atom. The van der Waals surface area contributed by atoms with Crippen molar-refractivity contribution >= 4 is 11.8 Å². The van der Waals surface area contributed by atoms with Gasteiger partial charge < -0.3 is 10.2 Å². The summed E-state index contributed by atoms with van der Waals surface area (Å²) in [5.41, 5.74) is -0.0238. The molecule has 0 saturated carbocycles. The molecule has 2 aromatic rings. The summed E-state index contributed by atoms with van der Waals surface area (Å²) >= 11 is 0. The Kier molecular flexibility index (Phi) is 22.2. The predicted molar refractivity (Wildman–Crippen MR) is 168 cm³/mol. The highest BCUT2D eigenvalue weighted by Crippen LogP contribution is 2.18. The number of carbonyl (C=O) groups excluding carboxylic acids is 1. The lowest BCUT2D eigenvalue weighted by molar-refractivity contribution is -0.697. The van der Waals surface area contributed by atoms with Gasteiger partial charge in [-0.25, -0.2) is 9.36 Å². The number of rotatable bonds is 23. The average Bonchev–Trinajstić information content (AvgIpc) is 2.98. The van der Waals surface area contributed by atoms with Crippen molar-refractivity contribution in [2.75, 3.05) is 0 Å². The molecular weight excluding hydrogens is 510 g/mol. The van der Waals surface area contributed by atoms with Crippen molar-refractivity contribution in [3.63, 3.8) is 0 Å². The van der Waals surface area contributed by atoms with Crippen molar-refractivity contribution in [3.8, 4) is 5.75 Å². The summed E-state index contributed by atoms with van der Waals surface area (Å²) in [6.45, 7) is 5.60. The standard InChI is InChI=1S/C21H38N.C15H20O4/c1-2-3-4-5-6-7-8-9-10-11-12-13-14-16-19-22-20-17-15-18-21-22;1-2-3-4-5-6-7-13(16)11-8-9-14(17)12(10-11)15(18)19/h15,17-18,20-21H,2-14,16,19H2,1H3;8-10,17H,2-7H2,1H3,(H,18,19)/q+1;/p-1. The zero-order chi connectivity index (χ0) is 30.0. The number of aryl methyl sites for hydroxylation is 1. The summed E-state index contributed by atoms with van der Waals surface area (Å²) in [5, 5.41) is 20.1. The van der Waals surface area contributed by atoms with Crippen LogP contribution in [0.15, 0.2) is 48.8 Å². The molecule has 0 unspecified atom stereocenters. The Hall–Kier alpha value is -2.69. The van der Waals surface area contributed by atoms with Gasteiger partial charge in [-0.15, -0.1) is 0 Å². The molecule has 1 aromatic heterocycles. The van der Waals surface area contributed by atoms with E-state index in [1.165, 1.54) is 115 Å². The maximum atomic E-state index is 11.9. The van der Waals surface area contributed by atoms with Crippen LogP contribution >= 0.6 is 0 Å². The molecule has 230 valence electrons. The Balaban J connectivity index is 0.000000414. The third-order valence-electron chi connectivity index (χ3n) is 7.59. The van der Waals surface area contributed by atoms with Crippen LogP contribution in [0.3, 0.4) is 0 Å². The number of nitrogens with zero attached hydrogens (tertiary/aromatic N) is 1. The van der Waals surface area contributed by atoms with Crippen molar-refractivity contribution in [1.29, 1.82) is 0 Å². The SMILES string of the molecule is CCCCCCCC(=O)c1ccc([O-])c(C(=O)O)c1.CCCCCCCCCCCCCCCC[n+]1ccccc1. The van der Waals surface area contributed by atoms with Crippen LogP contribution in [0, 0.1) is 0 Å². The number of pyridine rings is 1. The fraction of sp³-hybridized carbons (Fsp3) is 0.639. The van der Waals surface area contributed by atoms with Crippen LogP contribution in [-0.2, 0) is 6.54 Å². The molecule has 0 spiro atoms. The lowest BCUT2D eigenvalue weighted by Crippen LogP contribution is -2.32. The quantitative estimate of drug-likeness (QED) is 0.0823. The van der Waals surface area contributed by atoms with E-state index < -0.39 is 11.7 Å². The molecule has 1 heterocycles. The highest BCUT2D eigenvalue weighted by molar-refractivity contribution is 5.99. The second kappa shape index (κ2) is 25.1. The Labute approximate surface area is 250 Å². The minimum atomic E-state index is -1.29. The molecule has 0 aliphatic heterocycles. The molecule has 0 aliphatic rings. The number of ketones is 1. The third kappa shape index (κ3) is 19.1. The van der Waals surface area contributed by atoms with Gasteiger partial charge in [0.15, 0.2) is 18.2 Å². The number of hydrogen-bond donors (Lipinski definition) is 1. The second-order valence-electron chi connectivity index (χ2n) is 11.3. The summed E-state index contributed by atoms with van der Waals surface area (Å²) in [6.07, 6.45) is 30.1. The Morgan fingerprint density at radius 3 is 1.61 bits per heavy atom. The Bertz CT molecular complexity index is 928. The number of aromatic carboxylic acids is 1. The van der Waals surface area contributed by atoms with Crippen molar-refractivity contribution < 1.29 is 24.4 Å². The fourth-order valence-electron chi connectivity index (χ4n) is 4.98. The molecule has 0 atom stereocenters. The van der Waals surface area contributed by atoms with Crippen LogP contribution in [0.1, 0.15) is 163 Å². The van der Waals surface area contributed by atoms with E-state index in [2.05, 4.69) is 49.0 Å². The lowest BCUT2D eigenvalue weighted by Gasteiger charge is -2.11. The zero-order valence-corrected chi connectivity index (χ0v) is 26.1. The van der Waals surface area contributed by atoms with Crippen molar-refractivity contribution in [2.24, 2.45) is 0 Å². The fourth-order valence-corrected chi connectivity index (χ4v) is 4.98. The molecule has 5 nitrogen and oxygen atoms in total. The summed E-state index contributed by atoms with van der Waals surface area (Å²) in [5.74, 6) is -1.95. The maximum absolute atomic E-state index is 11.9. The third-order valence-corrected chi connectivity index (χ3v) is 7.59. The van der Waals surface area contributed by atoms with E-state index in [1.807, 2.05) is 0 Å². The van der Waals surface area contributed by atoms with Gasteiger partial charge in [-0.05, 0) is 18.9 Å². The molecule has 2 rings (SSSR count). The molecule has 1 N–H and O–H groups in total. The smallest absolute Gasteiger partial charge is 0.335 e. The molecule has 0 radical (unpaired) electrons. The lowest BCUT2D eigenvalue weighted by atomic mass is 10.0. The van der Waals surface area contributed by atoms with Crippen LogP contribution in [0.2, 0.25) is 0 Å². The predicted octanol–water partition coefficient (Wildman–Crippen LogP) is 9.46. The van der Waals surface area contributed by atoms with Gasteiger partial charge in [-0.1, -0.05) is 141 Å². The van der Waals surface area contributed by atoms with Gasteiger partial charge >= 0.3 is 5.97 Å². The first-order valence-electron chi connectivity index (χ1n) is 16.5. The normalized spacial score (nSPS) is 10.7. The van der Waals surface area contributed by atoms with E-state index >= 15 is 0 Å². The first kappa shape index (κ1) is 36.3. The largest absolute Gasteiger partial charge is 0.872 e. The zero-order valence-electron chi connectivity index (χ0n) is 26.1. The molecule has 1 aromatic carbocycles. The van der Waals surface area contributed by atoms with E-state index in [4.69, 9.17) is 5.11 Å². The van der Waals surface area contributed by atoms with Crippen LogP contribution < -0.4 is 9.67 Å². The molecule has 41 heavy (non-hydrogen) atoms. The topological polar surface area (TPSA) is 81.3 Å². The molecule has 5 heteroatoms. The van der Waals surface area contributed by atoms with Crippen LogP contribution in [0.4, 0.5) is 0 Å². The maximum Gasteiger partial charge on any atom is 0.335 e. The molecule has 0 amide bonds. The van der Waals surface area contributed by atoms with E-state index in [-0.39, 0.29) is 11.3 Å². The first-order valence-corrected chi connectivity index (χ1v) is 16.5. The van der Waals surface area contributed by atoms with Gasteiger partial charge in [0, 0.05) is 30.5 Å². The van der Waals surface area contributed by atoms with Gasteiger partial charge in [-0.2, -0.15) is 0 Å². The van der Waals surface area contributed by atoms with E-state index in [0.29, 0.717) is 12.0 Å². The van der Waals surface area contributed by atoms with E-state index in [1.54, 1.807) is 0 Å². The van der Waals surface area contributed by atoms with Crippen molar-refractivity contribution in [3.05, 3.63) is 59.9 Å². The molecular formula is C36H57NO4. The van der Waals surface area contributed by atoms with E-state index in [0.717, 1.165) is 31.7 Å². The van der Waals surface area contributed by atoms with Gasteiger partial charge in [0.2, 0.25) is 0 Å². The molecule has 0 saturated heterocycles. The van der Waals surface area contributed by atoms with Crippen molar-refractivity contribution in [2.45, 2.75) is 149 Å². The number of aromatic nitrogens is 1. The van der Waals surface area contributed by atoms with Crippen LogP contribution in [0.5, 0.6) is 5.75 Å². The van der Waals surface area contributed by atoms with Gasteiger partial charge in [-0.3, -0.25) is 4.79 Å². The Morgan fingerprint density at radius 2 is 1.12 bits per heavy atom. The van der Waals surface area contributed by atoms with Crippen molar-refractivity contribution in [1.82, 2.24) is 0 Å². The summed E-state index contributed by atoms with van der Waals surface area (Å²) < 4.78 is 2.29. The average molecular weight is 568 g/mol. The van der Waals surface area contributed by atoms with Crippen LogP contribution in [-0.4, -0.2) is 16.9 Å². The summed E-state index contributed by atoms with van der Waals surface area (Å²) in [7, 11) is 0. The van der Waals surface area contributed by atoms with E-state index in [9.17, 15) is 14.7 Å². The van der Waals surface area contributed by atoms with Gasteiger partial charge in [0.05, 0.1) is 5.56 Å². The minimum Gasteiger partial charge on any atom is -0.872 e. The highest BCUT2D eigenvalue weighted by Gasteiger charge is 2.10. The molecule has 0 aliphatic carbocycles. The summed E-state index contributed by atoms with van der Waals surface area (Å²) in [6, 6.07) is 10.0. The number of carboxylic acids is 1. The number of carbonyl (C=O) groups is 2. The number of unbranched alkanes of at least 4 members (excludes halogenated alkanes) is 17. The number of carboxylic acid groups (broad SMARTS) is 1. The van der Waals surface area contributed by atoms with Gasteiger partial charge in [0.1, 0.15) is 6.54 Å².